The van der Waals surface area contributed by atoms with E-state index in [-0.39, 0.29) is 11.9 Å². The van der Waals surface area contributed by atoms with Crippen molar-refractivity contribution in [3.63, 3.8) is 0 Å². The molecule has 102 valence electrons. The summed E-state index contributed by atoms with van der Waals surface area (Å²) in [5.74, 6) is 0.792. The van der Waals surface area contributed by atoms with Crippen molar-refractivity contribution < 1.29 is 9.53 Å². The van der Waals surface area contributed by atoms with E-state index in [1.807, 2.05) is 38.1 Å². The van der Waals surface area contributed by atoms with Gasteiger partial charge < -0.3 is 15.4 Å². The van der Waals surface area contributed by atoms with Crippen LogP contribution in [0.1, 0.15) is 25.5 Å². The molecule has 1 aromatic carbocycles. The average molecular weight is 260 g/mol. The maximum atomic E-state index is 12.1. The van der Waals surface area contributed by atoms with Gasteiger partial charge in [0.05, 0.1) is 13.2 Å². The highest BCUT2D eigenvalue weighted by molar-refractivity contribution is 5.94. The number of hydrogen-bond donors (Lipinski definition) is 2. The fraction of sp³-hybridized carbons (Fsp3) is 0.400. The lowest BCUT2D eigenvalue weighted by Gasteiger charge is -2.23. The third-order valence-electron chi connectivity index (χ3n) is 3.50. The molecule has 1 aliphatic heterocycles. The van der Waals surface area contributed by atoms with Crippen LogP contribution in [0.3, 0.4) is 0 Å². The van der Waals surface area contributed by atoms with Crippen molar-refractivity contribution in [1.29, 1.82) is 0 Å². The minimum atomic E-state index is -0.0766. The van der Waals surface area contributed by atoms with Crippen molar-refractivity contribution in [3.05, 3.63) is 41.0 Å². The summed E-state index contributed by atoms with van der Waals surface area (Å²) in [6.07, 6.45) is 0. The molecule has 0 unspecified atom stereocenters. The first kappa shape index (κ1) is 13.6. The topological polar surface area (TPSA) is 50.4 Å². The summed E-state index contributed by atoms with van der Waals surface area (Å²) >= 11 is 0. The molecular weight excluding hydrogens is 240 g/mol. The number of carbonyl (C=O) groups is 1. The van der Waals surface area contributed by atoms with Crippen LogP contribution in [0.5, 0.6) is 5.75 Å². The maximum Gasteiger partial charge on any atom is 0.247 e. The monoisotopic (exact) mass is 260 g/mol. The Morgan fingerprint density at radius 3 is 2.63 bits per heavy atom. The Morgan fingerprint density at radius 1 is 1.37 bits per heavy atom. The molecule has 19 heavy (non-hydrogen) atoms. The molecule has 0 saturated carbocycles. The number of benzene rings is 1. The Labute approximate surface area is 113 Å². The van der Waals surface area contributed by atoms with Crippen molar-refractivity contribution in [2.24, 2.45) is 0 Å². The lowest BCUT2D eigenvalue weighted by Crippen LogP contribution is -2.38. The lowest BCUT2D eigenvalue weighted by molar-refractivity contribution is -0.118. The standard InChI is InChI=1S/C15H20N2O2/c1-10(12-8-16-9-12)15(18)17-11(2)13-6-4-5-7-14(13)19-3/h4-7,11,16H,8-9H2,1-3H3,(H,17,18)/t11-/m0/s1. The van der Waals surface area contributed by atoms with Gasteiger partial charge in [0.15, 0.2) is 0 Å². The zero-order valence-electron chi connectivity index (χ0n) is 11.6. The normalized spacial score (nSPS) is 15.4. The molecule has 0 aromatic heterocycles. The quantitative estimate of drug-likeness (QED) is 0.812. The third-order valence-corrected chi connectivity index (χ3v) is 3.50. The van der Waals surface area contributed by atoms with E-state index in [1.54, 1.807) is 7.11 Å². The Bertz CT molecular complexity index is 503. The van der Waals surface area contributed by atoms with E-state index in [0.717, 1.165) is 30.0 Å². The molecule has 4 heteroatoms. The number of amides is 1. The summed E-state index contributed by atoms with van der Waals surface area (Å²) in [6, 6.07) is 7.66. The van der Waals surface area contributed by atoms with Crippen molar-refractivity contribution in [1.82, 2.24) is 10.6 Å². The number of ether oxygens (including phenoxy) is 1. The first-order valence-corrected chi connectivity index (χ1v) is 6.46. The number of carbonyl (C=O) groups excluding carboxylic acids is 1. The van der Waals surface area contributed by atoms with Crippen LogP contribution in [0.15, 0.2) is 35.4 Å². The number of nitrogens with one attached hydrogen (secondary N) is 2. The Kier molecular flexibility index (Phi) is 4.22. The molecule has 0 bridgehead atoms. The van der Waals surface area contributed by atoms with E-state index in [1.165, 1.54) is 5.57 Å². The molecule has 2 rings (SSSR count). The van der Waals surface area contributed by atoms with Gasteiger partial charge in [-0.25, -0.2) is 0 Å². The summed E-state index contributed by atoms with van der Waals surface area (Å²) in [7, 11) is 1.64. The van der Waals surface area contributed by atoms with Gasteiger partial charge in [-0.2, -0.15) is 0 Å². The minimum absolute atomic E-state index is 0.00472. The molecule has 0 aliphatic carbocycles. The van der Waals surface area contributed by atoms with Crippen molar-refractivity contribution >= 4 is 5.91 Å². The van der Waals surface area contributed by atoms with Gasteiger partial charge in [-0.05, 0) is 25.5 Å². The van der Waals surface area contributed by atoms with Gasteiger partial charge in [-0.1, -0.05) is 18.2 Å². The Balaban J connectivity index is 2.08. The fourth-order valence-corrected chi connectivity index (χ4v) is 2.08. The van der Waals surface area contributed by atoms with Crippen LogP contribution >= 0.6 is 0 Å². The molecule has 0 radical (unpaired) electrons. The average Bonchev–Trinajstić information content (AvgIpc) is 2.36. The molecule has 1 aromatic rings. The number of rotatable bonds is 4. The summed E-state index contributed by atoms with van der Waals surface area (Å²) in [4.78, 5) is 12.1. The second-order valence-electron chi connectivity index (χ2n) is 4.77. The molecule has 1 amide bonds. The Hall–Kier alpha value is -1.81. The smallest absolute Gasteiger partial charge is 0.247 e. The molecule has 4 nitrogen and oxygen atoms in total. The van der Waals surface area contributed by atoms with E-state index in [2.05, 4.69) is 10.6 Å². The van der Waals surface area contributed by atoms with Gasteiger partial charge in [0.25, 0.3) is 0 Å². The van der Waals surface area contributed by atoms with Crippen LogP contribution in [0.2, 0.25) is 0 Å². The fourth-order valence-electron chi connectivity index (χ4n) is 2.08. The van der Waals surface area contributed by atoms with Gasteiger partial charge in [-0.3, -0.25) is 4.79 Å². The van der Waals surface area contributed by atoms with E-state index in [4.69, 9.17) is 4.74 Å². The van der Waals surface area contributed by atoms with Crippen LogP contribution in [0.4, 0.5) is 0 Å². The highest BCUT2D eigenvalue weighted by Crippen LogP contribution is 2.24. The summed E-state index contributed by atoms with van der Waals surface area (Å²) in [6.45, 7) is 5.48. The SMILES string of the molecule is COc1ccccc1[C@H](C)NC(=O)C(C)=C1CNC1. The first-order valence-electron chi connectivity index (χ1n) is 6.46. The highest BCUT2D eigenvalue weighted by Gasteiger charge is 2.19. The van der Waals surface area contributed by atoms with Gasteiger partial charge in [0.1, 0.15) is 5.75 Å². The van der Waals surface area contributed by atoms with Crippen LogP contribution in [-0.4, -0.2) is 26.1 Å². The van der Waals surface area contributed by atoms with Crippen LogP contribution < -0.4 is 15.4 Å². The largest absolute Gasteiger partial charge is 0.496 e. The van der Waals surface area contributed by atoms with Crippen LogP contribution in [0, 0.1) is 0 Å². The maximum absolute atomic E-state index is 12.1. The lowest BCUT2D eigenvalue weighted by atomic mass is 10.0. The molecule has 2 N–H and O–H groups in total. The summed E-state index contributed by atoms with van der Waals surface area (Å²) in [5.41, 5.74) is 2.99. The Morgan fingerprint density at radius 2 is 2.05 bits per heavy atom. The minimum Gasteiger partial charge on any atom is -0.496 e. The second-order valence-corrected chi connectivity index (χ2v) is 4.77. The van der Waals surface area contributed by atoms with E-state index >= 15 is 0 Å². The highest BCUT2D eigenvalue weighted by atomic mass is 16.5. The number of para-hydroxylation sites is 1. The van der Waals surface area contributed by atoms with Crippen molar-refractivity contribution in [3.8, 4) is 5.75 Å². The zero-order valence-corrected chi connectivity index (χ0v) is 11.6. The number of hydrogen-bond acceptors (Lipinski definition) is 3. The molecule has 1 saturated heterocycles. The van der Waals surface area contributed by atoms with Gasteiger partial charge >= 0.3 is 0 Å². The molecule has 1 fully saturated rings. The molecule has 1 heterocycles. The van der Waals surface area contributed by atoms with Gasteiger partial charge in [0.2, 0.25) is 5.91 Å². The van der Waals surface area contributed by atoms with Gasteiger partial charge in [-0.15, -0.1) is 0 Å². The van der Waals surface area contributed by atoms with E-state index < -0.39 is 0 Å². The summed E-state index contributed by atoms with van der Waals surface area (Å²) < 4.78 is 5.31. The predicted molar refractivity (Wildman–Crippen MR) is 75.1 cm³/mol. The number of methoxy groups -OCH3 is 1. The predicted octanol–water partition coefficient (Wildman–Crippen LogP) is 1.79. The molecular formula is C15H20N2O2. The van der Waals surface area contributed by atoms with Crippen molar-refractivity contribution in [2.75, 3.05) is 20.2 Å². The second kappa shape index (κ2) is 5.89. The zero-order chi connectivity index (χ0) is 13.8. The molecule has 0 spiro atoms. The van der Waals surface area contributed by atoms with Crippen molar-refractivity contribution in [2.45, 2.75) is 19.9 Å². The van der Waals surface area contributed by atoms with Gasteiger partial charge in [0, 0.05) is 24.2 Å². The molecule has 1 aliphatic rings. The van der Waals surface area contributed by atoms with Crippen LogP contribution in [0.25, 0.3) is 0 Å². The third kappa shape index (κ3) is 2.96. The first-order chi connectivity index (χ1) is 9.13. The van der Waals surface area contributed by atoms with E-state index in [0.29, 0.717) is 0 Å². The van der Waals surface area contributed by atoms with E-state index in [9.17, 15) is 4.79 Å². The molecule has 1 atom stereocenters. The van der Waals surface area contributed by atoms with Crippen LogP contribution in [-0.2, 0) is 4.79 Å². The summed E-state index contributed by atoms with van der Waals surface area (Å²) in [5, 5.41) is 6.16.